The lowest BCUT2D eigenvalue weighted by Gasteiger charge is -2.14. The first-order chi connectivity index (χ1) is 8.65. The van der Waals surface area contributed by atoms with Gasteiger partial charge in [-0.2, -0.15) is 0 Å². The number of rotatable bonds is 3. The van der Waals surface area contributed by atoms with Crippen molar-refractivity contribution in [1.82, 2.24) is 10.6 Å². The number of nitrogens with one attached hydrogen (secondary N) is 2. The van der Waals surface area contributed by atoms with Gasteiger partial charge in [-0.1, -0.05) is 11.6 Å². The maximum absolute atomic E-state index is 11.8. The lowest BCUT2D eigenvalue weighted by molar-refractivity contribution is 0.0956. The molecular weight excluding hydrogens is 232 g/mol. The van der Waals surface area contributed by atoms with E-state index in [2.05, 4.69) is 16.7 Å². The average Bonchev–Trinajstić information content (AvgIpc) is 2.36. The summed E-state index contributed by atoms with van der Waals surface area (Å²) in [4.78, 5) is 11.8. The second-order valence-corrected chi connectivity index (χ2v) is 4.24. The Kier molecular flexibility index (Phi) is 3.84. The molecular formula is C13H16N2O3. The van der Waals surface area contributed by atoms with Gasteiger partial charge in [-0.05, 0) is 25.1 Å². The summed E-state index contributed by atoms with van der Waals surface area (Å²) in [6.07, 6.45) is 2.98. The van der Waals surface area contributed by atoms with Crippen LogP contribution in [0.15, 0.2) is 29.8 Å². The van der Waals surface area contributed by atoms with Gasteiger partial charge in [0.1, 0.15) is 11.5 Å². The van der Waals surface area contributed by atoms with E-state index in [0.29, 0.717) is 6.54 Å². The van der Waals surface area contributed by atoms with Crippen LogP contribution in [0, 0.1) is 0 Å². The van der Waals surface area contributed by atoms with Gasteiger partial charge in [0.15, 0.2) is 0 Å². The Balaban J connectivity index is 1.97. The molecule has 5 heteroatoms. The van der Waals surface area contributed by atoms with E-state index in [4.69, 9.17) is 0 Å². The smallest absolute Gasteiger partial charge is 0.251 e. The van der Waals surface area contributed by atoms with Crippen molar-refractivity contribution in [3.05, 3.63) is 35.4 Å². The standard InChI is InChI=1S/C13H16N2O3/c16-11-5-10(6-12(17)7-11)13(18)15-8-9-1-3-14-4-2-9/h1,5-7,14,16-17H,2-4,8H2,(H,15,18). The molecule has 1 amide bonds. The van der Waals surface area contributed by atoms with Gasteiger partial charge < -0.3 is 20.8 Å². The summed E-state index contributed by atoms with van der Waals surface area (Å²) in [5.74, 6) is -0.553. The molecule has 0 aromatic heterocycles. The summed E-state index contributed by atoms with van der Waals surface area (Å²) in [6, 6.07) is 3.84. The number of phenols is 2. The highest BCUT2D eigenvalue weighted by atomic mass is 16.3. The van der Waals surface area contributed by atoms with Crippen molar-refractivity contribution in [2.24, 2.45) is 0 Å². The van der Waals surface area contributed by atoms with Gasteiger partial charge in [0.2, 0.25) is 0 Å². The van der Waals surface area contributed by atoms with Crippen molar-refractivity contribution >= 4 is 5.91 Å². The van der Waals surface area contributed by atoms with Crippen LogP contribution in [0.25, 0.3) is 0 Å². The van der Waals surface area contributed by atoms with Gasteiger partial charge in [0.05, 0.1) is 0 Å². The minimum atomic E-state index is -0.305. The Hall–Kier alpha value is -2.01. The number of phenolic OH excluding ortho intramolecular Hbond substituents is 2. The highest BCUT2D eigenvalue weighted by molar-refractivity contribution is 5.95. The van der Waals surface area contributed by atoms with Crippen molar-refractivity contribution in [3.63, 3.8) is 0 Å². The van der Waals surface area contributed by atoms with Gasteiger partial charge in [-0.3, -0.25) is 4.79 Å². The van der Waals surface area contributed by atoms with Crippen molar-refractivity contribution in [2.45, 2.75) is 6.42 Å². The van der Waals surface area contributed by atoms with Crippen LogP contribution >= 0.6 is 0 Å². The Labute approximate surface area is 105 Å². The zero-order valence-corrected chi connectivity index (χ0v) is 9.94. The third-order valence-electron chi connectivity index (χ3n) is 2.80. The summed E-state index contributed by atoms with van der Waals surface area (Å²) in [5, 5.41) is 24.6. The van der Waals surface area contributed by atoms with Crippen LogP contribution in [0.4, 0.5) is 0 Å². The summed E-state index contributed by atoms with van der Waals surface area (Å²) in [5.41, 5.74) is 1.44. The molecule has 2 rings (SSSR count). The molecule has 1 aromatic carbocycles. The third kappa shape index (κ3) is 3.24. The number of hydrogen-bond acceptors (Lipinski definition) is 4. The molecule has 1 aliphatic rings. The first kappa shape index (κ1) is 12.4. The van der Waals surface area contributed by atoms with Crippen molar-refractivity contribution < 1.29 is 15.0 Å². The number of carbonyl (C=O) groups excluding carboxylic acids is 1. The van der Waals surface area contributed by atoms with E-state index in [-0.39, 0.29) is 23.0 Å². The van der Waals surface area contributed by atoms with Crippen LogP contribution in [-0.2, 0) is 0 Å². The molecule has 5 nitrogen and oxygen atoms in total. The van der Waals surface area contributed by atoms with E-state index in [9.17, 15) is 15.0 Å². The summed E-state index contributed by atoms with van der Waals surface area (Å²) in [7, 11) is 0. The molecule has 18 heavy (non-hydrogen) atoms. The molecule has 1 aromatic rings. The van der Waals surface area contributed by atoms with Crippen molar-refractivity contribution in [2.75, 3.05) is 19.6 Å². The third-order valence-corrected chi connectivity index (χ3v) is 2.80. The van der Waals surface area contributed by atoms with E-state index in [0.717, 1.165) is 19.5 Å². The molecule has 0 spiro atoms. The first-order valence-corrected chi connectivity index (χ1v) is 5.85. The average molecular weight is 248 g/mol. The number of carbonyl (C=O) groups is 1. The topological polar surface area (TPSA) is 81.6 Å². The maximum atomic E-state index is 11.8. The normalized spacial score (nSPS) is 15.0. The predicted octanol–water partition coefficient (Wildman–Crippen LogP) is 0.747. The van der Waals surface area contributed by atoms with Crippen LogP contribution < -0.4 is 10.6 Å². The minimum Gasteiger partial charge on any atom is -0.508 e. The van der Waals surface area contributed by atoms with Gasteiger partial charge in [0, 0.05) is 24.7 Å². The fraction of sp³-hybridized carbons (Fsp3) is 0.308. The number of aromatic hydroxyl groups is 2. The van der Waals surface area contributed by atoms with Gasteiger partial charge in [0.25, 0.3) is 5.91 Å². The van der Waals surface area contributed by atoms with E-state index in [1.54, 1.807) is 0 Å². The SMILES string of the molecule is O=C(NCC1=CCNCC1)c1cc(O)cc(O)c1. The Bertz CT molecular complexity index is 463. The van der Waals surface area contributed by atoms with Crippen molar-refractivity contribution in [1.29, 1.82) is 0 Å². The quantitative estimate of drug-likeness (QED) is 0.595. The minimum absolute atomic E-state index is 0.124. The molecule has 96 valence electrons. The Morgan fingerprint density at radius 1 is 1.28 bits per heavy atom. The zero-order chi connectivity index (χ0) is 13.0. The van der Waals surface area contributed by atoms with Crippen molar-refractivity contribution in [3.8, 4) is 11.5 Å². The monoisotopic (exact) mass is 248 g/mol. The lowest BCUT2D eigenvalue weighted by atomic mass is 10.1. The summed E-state index contributed by atoms with van der Waals surface area (Å²) >= 11 is 0. The van der Waals surface area contributed by atoms with Crippen LogP contribution in [0.2, 0.25) is 0 Å². The number of benzene rings is 1. The second kappa shape index (κ2) is 5.55. The van der Waals surface area contributed by atoms with Crippen LogP contribution in [-0.4, -0.2) is 35.8 Å². The largest absolute Gasteiger partial charge is 0.508 e. The second-order valence-electron chi connectivity index (χ2n) is 4.24. The fourth-order valence-electron chi connectivity index (χ4n) is 1.85. The fourth-order valence-corrected chi connectivity index (χ4v) is 1.85. The Morgan fingerprint density at radius 3 is 2.61 bits per heavy atom. The molecule has 0 unspecified atom stereocenters. The van der Waals surface area contributed by atoms with E-state index >= 15 is 0 Å². The van der Waals surface area contributed by atoms with Crippen LogP contribution in [0.5, 0.6) is 11.5 Å². The van der Waals surface area contributed by atoms with Gasteiger partial charge >= 0.3 is 0 Å². The lowest BCUT2D eigenvalue weighted by Crippen LogP contribution is -2.29. The zero-order valence-electron chi connectivity index (χ0n) is 9.94. The molecule has 0 atom stereocenters. The molecule has 0 saturated heterocycles. The van der Waals surface area contributed by atoms with Gasteiger partial charge in [-0.15, -0.1) is 0 Å². The highest BCUT2D eigenvalue weighted by Crippen LogP contribution is 2.20. The van der Waals surface area contributed by atoms with Crippen LogP contribution in [0.1, 0.15) is 16.8 Å². The molecule has 0 bridgehead atoms. The molecule has 0 aliphatic carbocycles. The van der Waals surface area contributed by atoms with E-state index < -0.39 is 0 Å². The first-order valence-electron chi connectivity index (χ1n) is 5.85. The predicted molar refractivity (Wildman–Crippen MR) is 67.7 cm³/mol. The number of hydrogen-bond donors (Lipinski definition) is 4. The van der Waals surface area contributed by atoms with Crippen LogP contribution in [0.3, 0.4) is 0 Å². The van der Waals surface area contributed by atoms with E-state index in [1.807, 2.05) is 0 Å². The van der Waals surface area contributed by atoms with Gasteiger partial charge in [-0.25, -0.2) is 0 Å². The molecule has 0 radical (unpaired) electrons. The number of amides is 1. The molecule has 0 fully saturated rings. The summed E-state index contributed by atoms with van der Waals surface area (Å²) < 4.78 is 0. The summed E-state index contributed by atoms with van der Waals surface area (Å²) in [6.45, 7) is 2.25. The molecule has 1 aliphatic heterocycles. The highest BCUT2D eigenvalue weighted by Gasteiger charge is 2.09. The molecule has 0 saturated carbocycles. The Morgan fingerprint density at radius 2 is 2.00 bits per heavy atom. The molecule has 4 N–H and O–H groups in total. The maximum Gasteiger partial charge on any atom is 0.251 e. The van der Waals surface area contributed by atoms with E-state index in [1.165, 1.54) is 23.8 Å². The molecule has 1 heterocycles.